The molecule has 1 unspecified atom stereocenters. The van der Waals surface area contributed by atoms with Crippen LogP contribution in [0.1, 0.15) is 83.5 Å². The fourth-order valence-electron chi connectivity index (χ4n) is 5.57. The summed E-state index contributed by atoms with van der Waals surface area (Å²) in [6.07, 6.45) is 7.40. The topological polar surface area (TPSA) is 65.2 Å². The highest BCUT2D eigenvalue weighted by molar-refractivity contribution is 6.77. The molecule has 0 fully saturated rings. The Morgan fingerprint density at radius 3 is 2.17 bits per heavy atom. The lowest BCUT2D eigenvalue weighted by atomic mass is 10.0. The maximum Gasteiger partial charge on any atom is 0.263 e. The Labute approximate surface area is 217 Å². The van der Waals surface area contributed by atoms with Crippen LogP contribution in [0.3, 0.4) is 0 Å². The van der Waals surface area contributed by atoms with Gasteiger partial charge in [-0.15, -0.1) is 0 Å². The van der Waals surface area contributed by atoms with Crippen LogP contribution in [0, 0.1) is 0 Å². The standard InChI is InChI=1S/C30H42N2O3Si/c1-22(2)36(23(3)4,24(5)6)35-26(20-25-14-8-7-9-15-25)16-10-11-18-28(33)30-32-21-29(34-30)27-17-12-13-19-31-27/h7-9,12-15,17,19,21-24,26H,10-11,16,18,20H2,1-6H3. The molecule has 0 saturated carbocycles. The Balaban J connectivity index is 1.63. The maximum absolute atomic E-state index is 12.7. The normalized spacial score (nSPS) is 13.0. The van der Waals surface area contributed by atoms with Crippen LogP contribution in [0.2, 0.25) is 16.6 Å². The Kier molecular flexibility index (Phi) is 10.2. The van der Waals surface area contributed by atoms with E-state index in [4.69, 9.17) is 8.84 Å². The first kappa shape index (κ1) is 28.0. The number of rotatable bonds is 14. The number of carbonyl (C=O) groups is 1. The molecule has 6 heteroatoms. The zero-order chi connectivity index (χ0) is 26.1. The van der Waals surface area contributed by atoms with Gasteiger partial charge in [0, 0.05) is 18.7 Å². The van der Waals surface area contributed by atoms with E-state index in [0.717, 1.165) is 25.7 Å². The van der Waals surface area contributed by atoms with E-state index in [1.165, 1.54) is 5.56 Å². The summed E-state index contributed by atoms with van der Waals surface area (Å²) in [5, 5.41) is 0. The molecule has 1 aromatic carbocycles. The van der Waals surface area contributed by atoms with E-state index >= 15 is 0 Å². The zero-order valence-electron chi connectivity index (χ0n) is 22.7. The van der Waals surface area contributed by atoms with Gasteiger partial charge < -0.3 is 8.84 Å². The Morgan fingerprint density at radius 1 is 0.889 bits per heavy atom. The van der Waals surface area contributed by atoms with Crippen LogP contribution in [0.15, 0.2) is 65.3 Å². The molecule has 3 rings (SSSR count). The lowest BCUT2D eigenvalue weighted by Crippen LogP contribution is -2.50. The molecular weight excluding hydrogens is 464 g/mol. The minimum absolute atomic E-state index is 0.0621. The number of oxazole rings is 1. The number of unbranched alkanes of at least 4 members (excludes halogenated alkanes) is 1. The van der Waals surface area contributed by atoms with Crippen LogP contribution in [0.25, 0.3) is 11.5 Å². The highest BCUT2D eigenvalue weighted by atomic mass is 28.4. The quantitative estimate of drug-likeness (QED) is 0.125. The molecule has 0 spiro atoms. The minimum Gasteiger partial charge on any atom is -0.432 e. The first-order valence-electron chi connectivity index (χ1n) is 13.4. The number of hydrogen-bond donors (Lipinski definition) is 0. The van der Waals surface area contributed by atoms with Gasteiger partial charge >= 0.3 is 0 Å². The van der Waals surface area contributed by atoms with Gasteiger partial charge in [-0.3, -0.25) is 9.78 Å². The van der Waals surface area contributed by atoms with E-state index in [2.05, 4.69) is 81.8 Å². The highest BCUT2D eigenvalue weighted by Gasteiger charge is 2.46. The number of pyridine rings is 1. The van der Waals surface area contributed by atoms with Crippen molar-refractivity contribution in [1.29, 1.82) is 0 Å². The molecule has 0 N–H and O–H groups in total. The second kappa shape index (κ2) is 13.1. The van der Waals surface area contributed by atoms with Crippen molar-refractivity contribution in [2.24, 2.45) is 0 Å². The molecule has 0 aliphatic rings. The summed E-state index contributed by atoms with van der Waals surface area (Å²) in [6.45, 7) is 14.0. The summed E-state index contributed by atoms with van der Waals surface area (Å²) in [7, 11) is -2.01. The van der Waals surface area contributed by atoms with E-state index in [1.54, 1.807) is 12.4 Å². The molecule has 5 nitrogen and oxygen atoms in total. The number of ketones is 1. The molecule has 1 atom stereocenters. The SMILES string of the molecule is CC(C)[Si](OC(CCCCC(=O)c1ncc(-c2ccccn2)o1)Cc1ccccc1)(C(C)C)C(C)C. The third-order valence-electron chi connectivity index (χ3n) is 7.23. The van der Waals surface area contributed by atoms with E-state index < -0.39 is 8.32 Å². The lowest BCUT2D eigenvalue weighted by molar-refractivity contribution is 0.0942. The predicted octanol–water partition coefficient (Wildman–Crippen LogP) is 8.28. The molecule has 2 aromatic heterocycles. The van der Waals surface area contributed by atoms with Gasteiger partial charge in [-0.1, -0.05) is 84.4 Å². The first-order valence-corrected chi connectivity index (χ1v) is 15.5. The molecule has 0 aliphatic heterocycles. The van der Waals surface area contributed by atoms with Gasteiger partial charge in [0.25, 0.3) is 5.89 Å². The van der Waals surface area contributed by atoms with Gasteiger partial charge in [0.1, 0.15) is 5.69 Å². The van der Waals surface area contributed by atoms with Gasteiger partial charge in [0.05, 0.1) is 6.20 Å². The second-order valence-electron chi connectivity index (χ2n) is 10.7. The van der Waals surface area contributed by atoms with Crippen LogP contribution in [0.4, 0.5) is 0 Å². The largest absolute Gasteiger partial charge is 0.432 e. The Morgan fingerprint density at radius 2 is 1.56 bits per heavy atom. The van der Waals surface area contributed by atoms with Crippen LogP contribution >= 0.6 is 0 Å². The third kappa shape index (κ3) is 7.01. The Bertz CT molecular complexity index is 1040. The lowest BCUT2D eigenvalue weighted by Gasteiger charge is -2.45. The van der Waals surface area contributed by atoms with Gasteiger partial charge in [-0.25, -0.2) is 4.98 Å². The smallest absolute Gasteiger partial charge is 0.263 e. The third-order valence-corrected chi connectivity index (χ3v) is 13.4. The number of nitrogens with zero attached hydrogens (tertiary/aromatic N) is 2. The average Bonchev–Trinajstić information content (AvgIpc) is 3.36. The monoisotopic (exact) mass is 506 g/mol. The summed E-state index contributed by atoms with van der Waals surface area (Å²) in [5.74, 6) is 0.624. The molecule has 0 aliphatic carbocycles. The van der Waals surface area contributed by atoms with Crippen molar-refractivity contribution < 1.29 is 13.6 Å². The van der Waals surface area contributed by atoms with Gasteiger partial charge in [-0.2, -0.15) is 0 Å². The van der Waals surface area contributed by atoms with E-state index in [1.807, 2.05) is 18.2 Å². The van der Waals surface area contributed by atoms with E-state index in [-0.39, 0.29) is 17.8 Å². The van der Waals surface area contributed by atoms with Crippen molar-refractivity contribution in [2.45, 2.75) is 96.4 Å². The van der Waals surface area contributed by atoms with Crippen molar-refractivity contribution in [3.63, 3.8) is 0 Å². The number of hydrogen-bond acceptors (Lipinski definition) is 5. The zero-order valence-corrected chi connectivity index (χ0v) is 23.7. The van der Waals surface area contributed by atoms with Gasteiger partial charge in [0.2, 0.25) is 14.1 Å². The number of benzene rings is 1. The van der Waals surface area contributed by atoms with Crippen molar-refractivity contribution in [2.75, 3.05) is 0 Å². The fraction of sp³-hybridized carbons (Fsp3) is 0.500. The summed E-state index contributed by atoms with van der Waals surface area (Å²) in [6, 6.07) is 16.2. The van der Waals surface area contributed by atoms with Crippen LogP contribution < -0.4 is 0 Å². The molecule has 3 aromatic rings. The van der Waals surface area contributed by atoms with Crippen LogP contribution in [-0.2, 0) is 10.8 Å². The fourth-order valence-corrected chi connectivity index (χ4v) is 11.2. The summed E-state index contributed by atoms with van der Waals surface area (Å²) in [4.78, 5) is 21.2. The maximum atomic E-state index is 12.7. The van der Waals surface area contributed by atoms with Crippen molar-refractivity contribution in [3.05, 3.63) is 72.4 Å². The molecule has 0 amide bonds. The van der Waals surface area contributed by atoms with Gasteiger partial charge in [-0.05, 0) is 53.6 Å². The second-order valence-corrected chi connectivity index (χ2v) is 16.1. The minimum atomic E-state index is -2.01. The van der Waals surface area contributed by atoms with E-state index in [9.17, 15) is 4.79 Å². The van der Waals surface area contributed by atoms with E-state index in [0.29, 0.717) is 34.5 Å². The molecular formula is C30H42N2O3Si. The molecule has 36 heavy (non-hydrogen) atoms. The molecule has 0 saturated heterocycles. The summed E-state index contributed by atoms with van der Waals surface area (Å²) in [5.41, 5.74) is 3.60. The van der Waals surface area contributed by atoms with Crippen molar-refractivity contribution in [3.8, 4) is 11.5 Å². The number of Topliss-reactive ketones (excluding diaryl/α,β-unsaturated/α-hetero) is 1. The first-order chi connectivity index (χ1) is 17.2. The molecule has 0 radical (unpaired) electrons. The highest BCUT2D eigenvalue weighted by Crippen LogP contribution is 2.43. The molecule has 194 valence electrons. The number of carbonyl (C=O) groups excluding carboxylic acids is 1. The summed E-state index contributed by atoms with van der Waals surface area (Å²) < 4.78 is 12.9. The summed E-state index contributed by atoms with van der Waals surface area (Å²) >= 11 is 0. The van der Waals surface area contributed by atoms with Crippen molar-refractivity contribution >= 4 is 14.1 Å². The van der Waals surface area contributed by atoms with Crippen molar-refractivity contribution in [1.82, 2.24) is 9.97 Å². The number of aromatic nitrogens is 2. The predicted molar refractivity (Wildman–Crippen MR) is 149 cm³/mol. The molecule has 0 bridgehead atoms. The van der Waals surface area contributed by atoms with Crippen LogP contribution in [-0.4, -0.2) is 30.2 Å². The average molecular weight is 507 g/mol. The molecule has 2 heterocycles. The van der Waals surface area contributed by atoms with Gasteiger partial charge in [0.15, 0.2) is 5.76 Å². The Hall–Kier alpha value is -2.57. The van der Waals surface area contributed by atoms with Crippen LogP contribution in [0.5, 0.6) is 0 Å².